The van der Waals surface area contributed by atoms with Crippen molar-refractivity contribution in [1.82, 2.24) is 0 Å². The van der Waals surface area contributed by atoms with E-state index >= 15 is 0 Å². The van der Waals surface area contributed by atoms with Crippen molar-refractivity contribution >= 4 is 99.9 Å². The number of furan rings is 1. The second-order valence-corrected chi connectivity index (χ2v) is 25.7. The van der Waals surface area contributed by atoms with Crippen molar-refractivity contribution < 1.29 is 4.42 Å². The Bertz CT molecular complexity index is 3630. The monoisotopic (exact) mass is 918 g/mol. The molecule has 0 saturated carbocycles. The van der Waals surface area contributed by atoms with Crippen molar-refractivity contribution in [2.45, 2.75) is 129 Å². The summed E-state index contributed by atoms with van der Waals surface area (Å²) in [5.41, 5.74) is 21.9. The zero-order valence-electron chi connectivity index (χ0n) is 42.3. The largest absolute Gasteiger partial charge is 0.454 e. The summed E-state index contributed by atoms with van der Waals surface area (Å²) < 4.78 is 8.36. The average Bonchev–Trinajstić information content (AvgIpc) is 3.90. The molecule has 2 aliphatic carbocycles. The molecule has 0 spiro atoms. The second kappa shape index (κ2) is 14.3. The van der Waals surface area contributed by atoms with Gasteiger partial charge in [-0.05, 0) is 168 Å². The van der Waals surface area contributed by atoms with E-state index in [1.165, 1.54) is 112 Å². The third kappa shape index (κ3) is 6.24. The average molecular weight is 919 g/mol. The minimum Gasteiger partial charge on any atom is -0.454 e. The zero-order chi connectivity index (χ0) is 47.7. The summed E-state index contributed by atoms with van der Waals surface area (Å²) in [6, 6.07) is 51.5. The third-order valence-electron chi connectivity index (χ3n) is 17.4. The van der Waals surface area contributed by atoms with Crippen LogP contribution < -0.4 is 26.2 Å². The summed E-state index contributed by atoms with van der Waals surface area (Å²) >= 11 is 2.01. The Kier molecular flexibility index (Phi) is 8.91. The first-order valence-corrected chi connectivity index (χ1v) is 26.3. The molecule has 2 aliphatic heterocycles. The number of para-hydroxylation sites is 2. The lowest BCUT2D eigenvalue weighted by Crippen LogP contribution is -2.61. The molecule has 0 saturated heterocycles. The minimum absolute atomic E-state index is 0.0194. The molecule has 0 unspecified atom stereocenters. The van der Waals surface area contributed by atoms with Crippen LogP contribution in [0.3, 0.4) is 0 Å². The Morgan fingerprint density at radius 3 is 1.83 bits per heavy atom. The van der Waals surface area contributed by atoms with Gasteiger partial charge >= 0.3 is 0 Å². The van der Waals surface area contributed by atoms with Crippen molar-refractivity contribution in [3.05, 3.63) is 161 Å². The van der Waals surface area contributed by atoms with E-state index in [0.29, 0.717) is 0 Å². The van der Waals surface area contributed by atoms with Gasteiger partial charge in [0.25, 0.3) is 6.71 Å². The smallest absolute Gasteiger partial charge is 0.254 e. The summed E-state index contributed by atoms with van der Waals surface area (Å²) in [5, 5.41) is 5.01. The number of hydrogen-bond donors (Lipinski definition) is 0. The van der Waals surface area contributed by atoms with Gasteiger partial charge in [0.2, 0.25) is 0 Å². The number of benzene rings is 7. The molecule has 0 atom stereocenters. The van der Waals surface area contributed by atoms with Gasteiger partial charge in [-0.25, -0.2) is 0 Å². The highest BCUT2D eigenvalue weighted by molar-refractivity contribution is 7.26. The topological polar surface area (TPSA) is 19.6 Å². The maximum atomic E-state index is 6.98. The Balaban J connectivity index is 1.20. The highest BCUT2D eigenvalue weighted by Crippen LogP contribution is 2.55. The van der Waals surface area contributed by atoms with E-state index < -0.39 is 0 Å². The molecule has 5 heteroatoms. The van der Waals surface area contributed by atoms with Crippen LogP contribution in [-0.2, 0) is 27.1 Å². The molecule has 0 N–H and O–H groups in total. The van der Waals surface area contributed by atoms with Gasteiger partial charge in [-0.1, -0.05) is 155 Å². The standard InChI is InChI=1S/C64H63BN2OS/c1-60(2,3)40-24-27-50-49(34-40)65-56-44-36-47-48(64(10,11)31-30-63(47,8)9)37-55(44)69-59(56)66(41-25-26-45-46(35-41)62(6,7)29-28-61(45,4)5)52-32-39(38-18-13-12-14-19-38)33-53(57(52)65)67(50)51-22-17-21-43-42-20-15-16-23-54(42)68-58(43)51/h12-27,32-37H,28-31H2,1-11H3. The molecule has 2 aromatic heterocycles. The fourth-order valence-electron chi connectivity index (χ4n) is 13.0. The Morgan fingerprint density at radius 2 is 1.12 bits per heavy atom. The van der Waals surface area contributed by atoms with Crippen molar-refractivity contribution in [2.24, 2.45) is 0 Å². The lowest BCUT2D eigenvalue weighted by Gasteiger charge is -2.45. The van der Waals surface area contributed by atoms with Crippen LogP contribution in [0.2, 0.25) is 0 Å². The van der Waals surface area contributed by atoms with Crippen LogP contribution in [0, 0.1) is 0 Å². The van der Waals surface area contributed by atoms with Crippen molar-refractivity contribution in [1.29, 1.82) is 0 Å². The summed E-state index contributed by atoms with van der Waals surface area (Å²) in [6.07, 6.45) is 4.72. The van der Waals surface area contributed by atoms with Gasteiger partial charge < -0.3 is 14.2 Å². The lowest BCUT2D eigenvalue weighted by molar-refractivity contribution is 0.332. The number of thiophene rings is 1. The van der Waals surface area contributed by atoms with Crippen molar-refractivity contribution in [2.75, 3.05) is 9.80 Å². The normalized spacial score (nSPS) is 18.2. The zero-order valence-corrected chi connectivity index (χ0v) is 43.1. The van der Waals surface area contributed by atoms with Gasteiger partial charge in [-0.15, -0.1) is 11.3 Å². The number of rotatable bonds is 3. The quantitative estimate of drug-likeness (QED) is 0.165. The van der Waals surface area contributed by atoms with Gasteiger partial charge in [0.1, 0.15) is 5.58 Å². The molecule has 0 bridgehead atoms. The highest BCUT2D eigenvalue weighted by atomic mass is 32.1. The van der Waals surface area contributed by atoms with E-state index in [0.717, 1.165) is 34.0 Å². The predicted octanol–water partition coefficient (Wildman–Crippen LogP) is 16.5. The molecular weight excluding hydrogens is 856 g/mol. The molecule has 7 aromatic carbocycles. The fourth-order valence-corrected chi connectivity index (χ4v) is 14.3. The Morgan fingerprint density at radius 1 is 0.493 bits per heavy atom. The van der Waals surface area contributed by atoms with Gasteiger partial charge in [-0.2, -0.15) is 0 Å². The van der Waals surface area contributed by atoms with Crippen LogP contribution in [0.25, 0.3) is 43.2 Å². The second-order valence-electron chi connectivity index (χ2n) is 24.7. The fraction of sp³-hybridized carbons (Fsp3) is 0.312. The molecule has 0 fully saturated rings. The summed E-state index contributed by atoms with van der Waals surface area (Å²) in [7, 11) is 0. The van der Waals surface area contributed by atoms with Crippen LogP contribution in [-0.4, -0.2) is 6.71 Å². The maximum absolute atomic E-state index is 6.98. The van der Waals surface area contributed by atoms with Crippen molar-refractivity contribution in [3.8, 4) is 11.1 Å². The molecule has 9 aromatic rings. The number of anilines is 6. The molecule has 0 radical (unpaired) electrons. The van der Waals surface area contributed by atoms with Crippen LogP contribution in [0.4, 0.5) is 33.4 Å². The minimum atomic E-state index is -0.0580. The summed E-state index contributed by atoms with van der Waals surface area (Å²) in [6.45, 7) is 26.8. The van der Waals surface area contributed by atoms with Crippen LogP contribution in [0.1, 0.15) is 130 Å². The number of hydrogen-bond acceptors (Lipinski definition) is 4. The molecule has 0 amide bonds. The number of nitrogens with zero attached hydrogens (tertiary/aromatic N) is 2. The van der Waals surface area contributed by atoms with Crippen LogP contribution >= 0.6 is 11.3 Å². The van der Waals surface area contributed by atoms with Crippen molar-refractivity contribution in [3.63, 3.8) is 0 Å². The first kappa shape index (κ1) is 43.0. The van der Waals surface area contributed by atoms with Gasteiger partial charge in [0, 0.05) is 38.2 Å². The lowest BCUT2D eigenvalue weighted by atomic mass is 9.33. The predicted molar refractivity (Wildman–Crippen MR) is 298 cm³/mol. The van der Waals surface area contributed by atoms with Crippen LogP contribution in [0.5, 0.6) is 0 Å². The van der Waals surface area contributed by atoms with Gasteiger partial charge in [0.15, 0.2) is 5.58 Å². The van der Waals surface area contributed by atoms with E-state index in [2.05, 4.69) is 219 Å². The summed E-state index contributed by atoms with van der Waals surface area (Å²) in [5.74, 6) is 0. The molecule has 4 heterocycles. The molecule has 13 rings (SSSR count). The first-order chi connectivity index (χ1) is 32.8. The molecule has 69 heavy (non-hydrogen) atoms. The molecule has 4 aliphatic rings. The van der Waals surface area contributed by atoms with E-state index in [1.54, 1.807) is 0 Å². The van der Waals surface area contributed by atoms with E-state index in [1.807, 2.05) is 11.3 Å². The SMILES string of the molecule is CC(C)(C)c1ccc2c(c1)B1c3c(cc(-c4ccccc4)cc3N2c2cccc3c2oc2ccccc23)N(c2ccc3c(c2)C(C)(C)CCC3(C)C)c2sc3cc4c(cc3c21)C(C)(C)CCC4(C)C. The highest BCUT2D eigenvalue weighted by Gasteiger charge is 2.48. The Hall–Kier alpha value is -6.04. The Labute approximate surface area is 413 Å². The molecular formula is C64H63BN2OS. The number of fused-ring (bicyclic) bond motifs is 11. The third-order valence-corrected chi connectivity index (χ3v) is 18.5. The summed E-state index contributed by atoms with van der Waals surface area (Å²) in [4.78, 5) is 5.27. The van der Waals surface area contributed by atoms with E-state index in [9.17, 15) is 0 Å². The maximum Gasteiger partial charge on any atom is 0.254 e. The van der Waals surface area contributed by atoms with Gasteiger partial charge in [-0.3, -0.25) is 0 Å². The van der Waals surface area contributed by atoms with Gasteiger partial charge in [0.05, 0.1) is 10.7 Å². The van der Waals surface area contributed by atoms with E-state index in [-0.39, 0.29) is 33.8 Å². The van der Waals surface area contributed by atoms with E-state index in [4.69, 9.17) is 4.42 Å². The van der Waals surface area contributed by atoms with Crippen LogP contribution in [0.15, 0.2) is 138 Å². The molecule has 344 valence electrons. The molecule has 3 nitrogen and oxygen atoms in total. The first-order valence-electron chi connectivity index (χ1n) is 25.5.